The summed E-state index contributed by atoms with van der Waals surface area (Å²) in [5, 5.41) is 3.35. The number of carbonyl (C=O) groups excluding carboxylic acids is 2. The molecule has 1 spiro atoms. The van der Waals surface area contributed by atoms with Crippen molar-refractivity contribution in [2.45, 2.75) is 37.3 Å². The number of anilines is 4. The number of benzene rings is 1. The Bertz CT molecular complexity index is 1520. The first-order valence-electron chi connectivity index (χ1n) is 13.0. The number of aromatic nitrogens is 2. The summed E-state index contributed by atoms with van der Waals surface area (Å²) in [6.45, 7) is 2.08. The van der Waals surface area contributed by atoms with Crippen LogP contribution in [0.2, 0.25) is 0 Å². The van der Waals surface area contributed by atoms with Gasteiger partial charge in [0.05, 0.1) is 31.1 Å². The minimum Gasteiger partial charge on any atom is -0.477 e. The minimum atomic E-state index is -0.605. The van der Waals surface area contributed by atoms with Gasteiger partial charge in [0.15, 0.2) is 5.60 Å². The number of rotatable bonds is 3. The Balaban J connectivity index is 1.14. The fourth-order valence-electron chi connectivity index (χ4n) is 6.14. The zero-order valence-corrected chi connectivity index (χ0v) is 20.6. The molecule has 3 saturated heterocycles. The number of amides is 2. The molecular formula is C28H25N5O5. The fourth-order valence-corrected chi connectivity index (χ4v) is 6.14. The Morgan fingerprint density at radius 2 is 1.92 bits per heavy atom. The number of hydrogen-bond acceptors (Lipinski definition) is 8. The van der Waals surface area contributed by atoms with Gasteiger partial charge in [0.25, 0.3) is 0 Å². The largest absolute Gasteiger partial charge is 0.477 e. The highest BCUT2D eigenvalue weighted by Gasteiger charge is 2.48. The average molecular weight is 512 g/mol. The van der Waals surface area contributed by atoms with Gasteiger partial charge in [-0.2, -0.15) is 0 Å². The van der Waals surface area contributed by atoms with Crippen molar-refractivity contribution >= 4 is 34.7 Å². The number of hydrogen-bond donors (Lipinski definition) is 1. The van der Waals surface area contributed by atoms with Gasteiger partial charge in [0, 0.05) is 54.0 Å². The standard InChI is InChI=1S/C28H25N5O5/c34-25-2-1-7-32(25)17-3-5-19-20-12-29-24(10-21(20)28(14-36-15-28)38-23(19)9-17)31-16-8-22-27(30-11-16)37-13-18-4-6-26(35)33(18)22/h3,5,8-12,18H,1-2,4,6-7,13-15H2,(H,29,31)/t18-/m0/s1. The lowest BCUT2D eigenvalue weighted by atomic mass is 9.83. The van der Waals surface area contributed by atoms with Gasteiger partial charge in [0.1, 0.15) is 23.9 Å². The van der Waals surface area contributed by atoms with Gasteiger partial charge in [-0.25, -0.2) is 9.97 Å². The van der Waals surface area contributed by atoms with Crippen molar-refractivity contribution < 1.29 is 23.8 Å². The van der Waals surface area contributed by atoms with Gasteiger partial charge in [-0.1, -0.05) is 0 Å². The number of fused-ring (bicyclic) bond motifs is 7. The monoisotopic (exact) mass is 511 g/mol. The third-order valence-electron chi connectivity index (χ3n) is 8.11. The first kappa shape index (κ1) is 21.9. The maximum Gasteiger partial charge on any atom is 0.238 e. The molecule has 0 aliphatic carbocycles. The average Bonchev–Trinajstić information content (AvgIpc) is 3.52. The van der Waals surface area contributed by atoms with Crippen LogP contribution in [0.15, 0.2) is 42.7 Å². The van der Waals surface area contributed by atoms with Crippen molar-refractivity contribution in [3.63, 3.8) is 0 Å². The molecule has 0 bridgehead atoms. The van der Waals surface area contributed by atoms with Crippen LogP contribution in [0, 0.1) is 0 Å². The Morgan fingerprint density at radius 1 is 1.00 bits per heavy atom. The molecule has 3 fully saturated rings. The molecule has 2 amide bonds. The summed E-state index contributed by atoms with van der Waals surface area (Å²) in [5.74, 6) is 2.11. The lowest BCUT2D eigenvalue weighted by Gasteiger charge is -2.45. The third kappa shape index (κ3) is 3.16. The van der Waals surface area contributed by atoms with Crippen LogP contribution in [0.25, 0.3) is 11.1 Å². The second-order valence-electron chi connectivity index (χ2n) is 10.5. The summed E-state index contributed by atoms with van der Waals surface area (Å²) in [7, 11) is 0. The van der Waals surface area contributed by atoms with Crippen LogP contribution in [0.1, 0.15) is 31.2 Å². The molecule has 2 aromatic heterocycles. The second-order valence-corrected chi connectivity index (χ2v) is 10.5. The van der Waals surface area contributed by atoms with Gasteiger partial charge < -0.3 is 29.3 Å². The quantitative estimate of drug-likeness (QED) is 0.570. The first-order valence-corrected chi connectivity index (χ1v) is 13.0. The summed E-state index contributed by atoms with van der Waals surface area (Å²) in [6.07, 6.45) is 6.33. The van der Waals surface area contributed by atoms with Crippen LogP contribution in [0.5, 0.6) is 11.6 Å². The number of nitrogens with zero attached hydrogens (tertiary/aromatic N) is 4. The molecule has 0 unspecified atom stereocenters. The van der Waals surface area contributed by atoms with Crippen molar-refractivity contribution in [2.24, 2.45) is 0 Å². The lowest BCUT2D eigenvalue weighted by molar-refractivity contribution is -0.168. The van der Waals surface area contributed by atoms with E-state index in [-0.39, 0.29) is 17.9 Å². The highest BCUT2D eigenvalue weighted by molar-refractivity contribution is 5.98. The molecule has 5 aliphatic rings. The number of carbonyl (C=O) groups is 2. The summed E-state index contributed by atoms with van der Waals surface area (Å²) >= 11 is 0. The molecule has 10 nitrogen and oxygen atoms in total. The molecule has 8 rings (SSSR count). The summed E-state index contributed by atoms with van der Waals surface area (Å²) in [5.41, 5.74) is 4.60. The SMILES string of the molecule is O=C1CCCN1c1ccc2c(c1)OC1(COC1)c1cc(Nc3cnc4c(c3)N3C(=O)CC[C@H]3CO4)ncc1-2. The molecule has 3 aromatic rings. The molecule has 7 heterocycles. The van der Waals surface area contributed by atoms with E-state index in [1.165, 1.54) is 0 Å². The van der Waals surface area contributed by atoms with Gasteiger partial charge in [-0.05, 0) is 37.1 Å². The van der Waals surface area contributed by atoms with Crippen molar-refractivity contribution in [3.05, 3.63) is 48.3 Å². The second kappa shape index (κ2) is 7.91. The van der Waals surface area contributed by atoms with Crippen molar-refractivity contribution in [3.8, 4) is 22.8 Å². The van der Waals surface area contributed by atoms with Crippen LogP contribution >= 0.6 is 0 Å². The predicted molar refractivity (Wildman–Crippen MR) is 138 cm³/mol. The van der Waals surface area contributed by atoms with Crippen molar-refractivity contribution in [1.82, 2.24) is 9.97 Å². The van der Waals surface area contributed by atoms with Gasteiger partial charge in [-0.3, -0.25) is 9.59 Å². The normalized spacial score (nSPS) is 22.2. The van der Waals surface area contributed by atoms with E-state index in [0.717, 1.165) is 53.2 Å². The smallest absolute Gasteiger partial charge is 0.238 e. The lowest BCUT2D eigenvalue weighted by Crippen LogP contribution is -2.53. The number of pyridine rings is 2. The van der Waals surface area contributed by atoms with Crippen LogP contribution in [0.3, 0.4) is 0 Å². The molecule has 1 N–H and O–H groups in total. The zero-order valence-electron chi connectivity index (χ0n) is 20.6. The third-order valence-corrected chi connectivity index (χ3v) is 8.11. The van der Waals surface area contributed by atoms with E-state index in [1.54, 1.807) is 6.20 Å². The van der Waals surface area contributed by atoms with E-state index in [2.05, 4.69) is 10.3 Å². The molecule has 10 heteroatoms. The van der Waals surface area contributed by atoms with Crippen LogP contribution < -0.4 is 24.6 Å². The van der Waals surface area contributed by atoms with E-state index in [1.807, 2.05) is 46.3 Å². The van der Waals surface area contributed by atoms with Crippen molar-refractivity contribution in [1.29, 1.82) is 0 Å². The van der Waals surface area contributed by atoms with E-state index >= 15 is 0 Å². The zero-order chi connectivity index (χ0) is 25.4. The highest BCUT2D eigenvalue weighted by atomic mass is 16.6. The van der Waals surface area contributed by atoms with Crippen LogP contribution in [-0.4, -0.2) is 54.2 Å². The maximum absolute atomic E-state index is 12.5. The van der Waals surface area contributed by atoms with Gasteiger partial charge >= 0.3 is 0 Å². The van der Waals surface area contributed by atoms with Gasteiger partial charge in [0.2, 0.25) is 17.7 Å². The Kier molecular flexibility index (Phi) is 4.55. The Morgan fingerprint density at radius 3 is 2.74 bits per heavy atom. The van der Waals surface area contributed by atoms with E-state index < -0.39 is 5.60 Å². The number of ether oxygens (including phenoxy) is 3. The van der Waals surface area contributed by atoms with Crippen molar-refractivity contribution in [2.75, 3.05) is 41.5 Å². The molecule has 5 aliphatic heterocycles. The van der Waals surface area contributed by atoms with E-state index in [4.69, 9.17) is 19.2 Å². The topological polar surface area (TPSA) is 106 Å². The fraction of sp³-hybridized carbons (Fsp3) is 0.357. The van der Waals surface area contributed by atoms with Gasteiger partial charge in [-0.15, -0.1) is 0 Å². The molecule has 38 heavy (non-hydrogen) atoms. The Hall–Kier alpha value is -4.18. The molecule has 1 aromatic carbocycles. The minimum absolute atomic E-state index is 0.0636. The maximum atomic E-state index is 12.5. The van der Waals surface area contributed by atoms with E-state index in [9.17, 15) is 9.59 Å². The molecular weight excluding hydrogens is 486 g/mol. The Labute approximate surface area is 218 Å². The molecule has 0 radical (unpaired) electrons. The summed E-state index contributed by atoms with van der Waals surface area (Å²) in [4.78, 5) is 37.6. The highest BCUT2D eigenvalue weighted by Crippen LogP contribution is 2.50. The van der Waals surface area contributed by atoms with E-state index in [0.29, 0.717) is 50.0 Å². The van der Waals surface area contributed by atoms with Crippen LogP contribution in [-0.2, 0) is 19.9 Å². The van der Waals surface area contributed by atoms with Crippen LogP contribution in [0.4, 0.5) is 22.9 Å². The summed E-state index contributed by atoms with van der Waals surface area (Å²) < 4.78 is 18.0. The predicted octanol–water partition coefficient (Wildman–Crippen LogP) is 3.52. The molecule has 1 atom stereocenters. The first-order chi connectivity index (χ1) is 18.6. The molecule has 0 saturated carbocycles. The number of nitrogens with one attached hydrogen (secondary N) is 1. The summed E-state index contributed by atoms with van der Waals surface area (Å²) in [6, 6.07) is 9.90. The molecule has 192 valence electrons.